The van der Waals surface area contributed by atoms with Crippen LogP contribution < -0.4 is 0 Å². The number of amides is 1. The van der Waals surface area contributed by atoms with E-state index in [1.54, 1.807) is 4.90 Å². The summed E-state index contributed by atoms with van der Waals surface area (Å²) in [5, 5.41) is 2.11. The summed E-state index contributed by atoms with van der Waals surface area (Å²) in [4.78, 5) is 22.8. The van der Waals surface area contributed by atoms with Crippen LogP contribution in [0.2, 0.25) is 0 Å². The topological polar surface area (TPSA) is 58.2 Å². The third-order valence-electron chi connectivity index (χ3n) is 5.02. The van der Waals surface area contributed by atoms with Crippen molar-refractivity contribution >= 4 is 43.8 Å². The molecule has 1 fully saturated rings. The van der Waals surface area contributed by atoms with Crippen LogP contribution in [0.15, 0.2) is 28.7 Å². The van der Waals surface area contributed by atoms with Gasteiger partial charge in [-0.2, -0.15) is 0 Å². The number of carbonyl (C=O) groups excluding carboxylic acids is 1. The van der Waals surface area contributed by atoms with E-state index in [1.165, 1.54) is 0 Å². The number of halogens is 1. The molecule has 4 rings (SSSR count). The van der Waals surface area contributed by atoms with Crippen molar-refractivity contribution in [3.63, 3.8) is 0 Å². The number of hydrogen-bond acceptors (Lipinski definition) is 3. The highest BCUT2D eigenvalue weighted by molar-refractivity contribution is 9.10. The van der Waals surface area contributed by atoms with Crippen LogP contribution in [0.1, 0.15) is 58.0 Å². The molecule has 1 aliphatic rings. The molecule has 1 saturated heterocycles. The predicted octanol–water partition coefficient (Wildman–Crippen LogP) is 5.92. The first-order valence-electron chi connectivity index (χ1n) is 9.81. The van der Waals surface area contributed by atoms with Crippen LogP contribution in [0, 0.1) is 11.8 Å². The number of imidazole rings is 1. The first-order valence-corrected chi connectivity index (χ1v) is 10.6. The van der Waals surface area contributed by atoms with Gasteiger partial charge in [0.25, 0.3) is 0 Å². The summed E-state index contributed by atoms with van der Waals surface area (Å²) in [5.41, 5.74) is 2.28. The standard InChI is InChI=1S/C23H24BrN3O2/c1-5-7-14-12-18-20(16-10-9-15(24)13-17(14)16)26-21(25-18)19-8-6-11-27(19)22(28)29-23(2,3)4/h9-10,12-13,19H,6,8,11H2,1-4H3,(H,25,26). The van der Waals surface area contributed by atoms with Gasteiger partial charge in [-0.1, -0.05) is 27.9 Å². The average molecular weight is 454 g/mol. The molecule has 0 aliphatic carbocycles. The molecule has 1 aromatic heterocycles. The number of rotatable bonds is 1. The van der Waals surface area contributed by atoms with Crippen molar-refractivity contribution in [3.8, 4) is 11.8 Å². The Bertz CT molecular complexity index is 1160. The molecular formula is C23H24BrN3O2. The van der Waals surface area contributed by atoms with Crippen molar-refractivity contribution in [3.05, 3.63) is 40.1 Å². The molecule has 1 N–H and O–H groups in total. The molecule has 0 bridgehead atoms. The lowest BCUT2D eigenvalue weighted by Gasteiger charge is -2.27. The summed E-state index contributed by atoms with van der Waals surface area (Å²) in [6.07, 6.45) is 1.51. The highest BCUT2D eigenvalue weighted by Gasteiger charge is 2.35. The Morgan fingerprint density at radius 3 is 2.83 bits per heavy atom. The number of hydrogen-bond donors (Lipinski definition) is 1. The monoisotopic (exact) mass is 453 g/mol. The van der Waals surface area contributed by atoms with E-state index in [4.69, 9.17) is 9.72 Å². The van der Waals surface area contributed by atoms with Crippen molar-refractivity contribution in [2.75, 3.05) is 6.54 Å². The van der Waals surface area contributed by atoms with Crippen LogP contribution in [0.25, 0.3) is 21.8 Å². The maximum atomic E-state index is 12.7. The smallest absolute Gasteiger partial charge is 0.410 e. The molecule has 3 aromatic rings. The van der Waals surface area contributed by atoms with E-state index < -0.39 is 5.60 Å². The Labute approximate surface area is 178 Å². The van der Waals surface area contributed by atoms with Gasteiger partial charge in [-0.15, -0.1) is 5.92 Å². The first-order chi connectivity index (χ1) is 13.8. The predicted molar refractivity (Wildman–Crippen MR) is 119 cm³/mol. The molecule has 2 aromatic carbocycles. The second-order valence-corrected chi connectivity index (χ2v) is 9.25. The molecule has 0 radical (unpaired) electrons. The molecule has 29 heavy (non-hydrogen) atoms. The fourth-order valence-electron chi connectivity index (χ4n) is 3.87. The minimum atomic E-state index is -0.518. The molecule has 1 unspecified atom stereocenters. The Balaban J connectivity index is 1.80. The maximum absolute atomic E-state index is 12.7. The van der Waals surface area contributed by atoms with Crippen molar-refractivity contribution in [1.29, 1.82) is 0 Å². The van der Waals surface area contributed by atoms with Crippen molar-refractivity contribution < 1.29 is 9.53 Å². The van der Waals surface area contributed by atoms with Gasteiger partial charge in [0, 0.05) is 27.4 Å². The van der Waals surface area contributed by atoms with Crippen LogP contribution in [-0.4, -0.2) is 33.1 Å². The van der Waals surface area contributed by atoms with Crippen molar-refractivity contribution in [2.24, 2.45) is 0 Å². The van der Waals surface area contributed by atoms with Crippen molar-refractivity contribution in [2.45, 2.75) is 52.2 Å². The zero-order valence-corrected chi connectivity index (χ0v) is 18.7. The van der Waals surface area contributed by atoms with Crippen LogP contribution in [0.4, 0.5) is 4.79 Å². The summed E-state index contributed by atoms with van der Waals surface area (Å²) < 4.78 is 6.61. The molecule has 2 heterocycles. The highest BCUT2D eigenvalue weighted by atomic mass is 79.9. The van der Waals surface area contributed by atoms with E-state index in [-0.39, 0.29) is 12.1 Å². The number of H-pyrrole nitrogens is 1. The number of aromatic amines is 1. The number of nitrogens with one attached hydrogen (secondary N) is 1. The van der Waals surface area contributed by atoms with Crippen molar-refractivity contribution in [1.82, 2.24) is 14.9 Å². The molecular weight excluding hydrogens is 430 g/mol. The zero-order chi connectivity index (χ0) is 20.8. The Morgan fingerprint density at radius 1 is 1.31 bits per heavy atom. The molecule has 1 amide bonds. The van der Waals surface area contributed by atoms with Gasteiger partial charge >= 0.3 is 6.09 Å². The summed E-state index contributed by atoms with van der Waals surface area (Å²) in [6, 6.07) is 8.09. The van der Waals surface area contributed by atoms with E-state index in [2.05, 4.69) is 44.9 Å². The minimum Gasteiger partial charge on any atom is -0.444 e. The highest BCUT2D eigenvalue weighted by Crippen LogP contribution is 2.35. The number of benzene rings is 2. The van der Waals surface area contributed by atoms with Gasteiger partial charge in [0.2, 0.25) is 0 Å². The second kappa shape index (κ2) is 7.38. The van der Waals surface area contributed by atoms with Gasteiger partial charge < -0.3 is 9.72 Å². The normalized spacial score (nSPS) is 16.9. The van der Waals surface area contributed by atoms with Crippen LogP contribution >= 0.6 is 15.9 Å². The molecule has 0 spiro atoms. The summed E-state index contributed by atoms with van der Waals surface area (Å²) >= 11 is 3.55. The Morgan fingerprint density at radius 2 is 2.10 bits per heavy atom. The quantitative estimate of drug-likeness (QED) is 0.465. The van der Waals surface area contributed by atoms with Gasteiger partial charge in [0.05, 0.1) is 17.1 Å². The second-order valence-electron chi connectivity index (χ2n) is 8.34. The van der Waals surface area contributed by atoms with E-state index in [0.29, 0.717) is 6.54 Å². The van der Waals surface area contributed by atoms with Crippen LogP contribution in [-0.2, 0) is 4.74 Å². The fourth-order valence-corrected chi connectivity index (χ4v) is 4.23. The van der Waals surface area contributed by atoms with Gasteiger partial charge in [-0.25, -0.2) is 9.78 Å². The lowest BCUT2D eigenvalue weighted by Crippen LogP contribution is -2.36. The zero-order valence-electron chi connectivity index (χ0n) is 17.1. The minimum absolute atomic E-state index is 0.108. The van der Waals surface area contributed by atoms with Crippen LogP contribution in [0.5, 0.6) is 0 Å². The molecule has 5 nitrogen and oxygen atoms in total. The summed E-state index contributed by atoms with van der Waals surface area (Å²) in [7, 11) is 0. The Kier molecular flexibility index (Phi) is 5.04. The number of ether oxygens (including phenoxy) is 1. The van der Waals surface area contributed by atoms with Gasteiger partial charge in [0.15, 0.2) is 0 Å². The molecule has 1 aliphatic heterocycles. The summed E-state index contributed by atoms with van der Waals surface area (Å²) in [6.45, 7) is 8.17. The fraction of sp³-hybridized carbons (Fsp3) is 0.391. The molecule has 6 heteroatoms. The average Bonchev–Trinajstić information content (AvgIpc) is 3.27. The number of aromatic nitrogens is 2. The maximum Gasteiger partial charge on any atom is 0.410 e. The number of carbonyl (C=O) groups is 1. The van der Waals surface area contributed by atoms with E-state index in [9.17, 15) is 4.79 Å². The lowest BCUT2D eigenvalue weighted by atomic mass is 10.0. The molecule has 0 saturated carbocycles. The van der Waals surface area contributed by atoms with E-state index >= 15 is 0 Å². The van der Waals surface area contributed by atoms with E-state index in [0.717, 1.165) is 50.5 Å². The number of likely N-dealkylation sites (tertiary alicyclic amines) is 1. The first kappa shape index (κ1) is 19.8. The Hall–Kier alpha value is -2.52. The summed E-state index contributed by atoms with van der Waals surface area (Å²) in [5.74, 6) is 7.00. The SMILES string of the molecule is CC#Cc1cc2[nH]c(C3CCCN3C(=O)OC(C)(C)C)nc2c2ccc(Br)cc12. The van der Waals surface area contributed by atoms with Gasteiger partial charge in [-0.05, 0) is 58.7 Å². The number of fused-ring (bicyclic) bond motifs is 3. The third-order valence-corrected chi connectivity index (χ3v) is 5.52. The van der Waals surface area contributed by atoms with E-state index in [1.807, 2.05) is 39.8 Å². The number of nitrogens with zero attached hydrogens (tertiary/aromatic N) is 2. The van der Waals surface area contributed by atoms with Crippen LogP contribution in [0.3, 0.4) is 0 Å². The lowest BCUT2D eigenvalue weighted by molar-refractivity contribution is 0.0219. The van der Waals surface area contributed by atoms with Gasteiger partial charge in [0.1, 0.15) is 11.4 Å². The third kappa shape index (κ3) is 3.84. The molecule has 150 valence electrons. The molecule has 1 atom stereocenters. The largest absolute Gasteiger partial charge is 0.444 e. The van der Waals surface area contributed by atoms with Gasteiger partial charge in [-0.3, -0.25) is 4.90 Å².